The standard InChI is InChI=1S/C12H16ClN5/c1-7-9(14)16-11(12(2,3)4)17-10(7)18-6-8(13)5-15-18/h5-6H,1-4H3,(H2,14,16,17). The van der Waals surface area contributed by atoms with Gasteiger partial charge in [-0.2, -0.15) is 5.10 Å². The van der Waals surface area contributed by atoms with Crippen molar-refractivity contribution in [2.45, 2.75) is 33.1 Å². The second-order valence-corrected chi connectivity index (χ2v) is 5.67. The minimum atomic E-state index is -0.173. The molecule has 0 saturated carbocycles. The Hall–Kier alpha value is -1.62. The zero-order valence-corrected chi connectivity index (χ0v) is 11.7. The summed E-state index contributed by atoms with van der Waals surface area (Å²) in [5.74, 6) is 1.82. The van der Waals surface area contributed by atoms with Gasteiger partial charge in [0.1, 0.15) is 11.6 Å². The first-order chi connectivity index (χ1) is 8.29. The molecule has 0 aliphatic heterocycles. The monoisotopic (exact) mass is 265 g/mol. The van der Waals surface area contributed by atoms with E-state index in [1.165, 1.54) is 0 Å². The van der Waals surface area contributed by atoms with E-state index in [0.29, 0.717) is 22.5 Å². The van der Waals surface area contributed by atoms with E-state index in [0.717, 1.165) is 5.56 Å². The number of rotatable bonds is 1. The summed E-state index contributed by atoms with van der Waals surface area (Å²) in [5, 5.41) is 4.71. The summed E-state index contributed by atoms with van der Waals surface area (Å²) in [6.07, 6.45) is 3.26. The number of aromatic nitrogens is 4. The first-order valence-electron chi connectivity index (χ1n) is 5.64. The van der Waals surface area contributed by atoms with Gasteiger partial charge < -0.3 is 5.73 Å². The Bertz CT molecular complexity index is 583. The minimum absolute atomic E-state index is 0.173. The van der Waals surface area contributed by atoms with E-state index in [-0.39, 0.29) is 5.41 Å². The Kier molecular flexibility index (Phi) is 3.02. The number of hydrogen-bond acceptors (Lipinski definition) is 4. The highest BCUT2D eigenvalue weighted by molar-refractivity contribution is 6.30. The number of halogens is 1. The van der Waals surface area contributed by atoms with Crippen molar-refractivity contribution >= 4 is 17.4 Å². The van der Waals surface area contributed by atoms with Crippen LogP contribution in [0.5, 0.6) is 0 Å². The molecule has 0 aromatic carbocycles. The number of anilines is 1. The van der Waals surface area contributed by atoms with Gasteiger partial charge in [-0.05, 0) is 6.92 Å². The van der Waals surface area contributed by atoms with Crippen LogP contribution in [-0.4, -0.2) is 19.7 Å². The van der Waals surface area contributed by atoms with E-state index in [2.05, 4.69) is 15.1 Å². The molecule has 5 nitrogen and oxygen atoms in total. The molecule has 0 spiro atoms. The topological polar surface area (TPSA) is 69.6 Å². The molecule has 2 aromatic heterocycles. The lowest BCUT2D eigenvalue weighted by atomic mass is 9.95. The quantitative estimate of drug-likeness (QED) is 0.860. The molecule has 2 aromatic rings. The van der Waals surface area contributed by atoms with Crippen LogP contribution in [0.4, 0.5) is 5.82 Å². The van der Waals surface area contributed by atoms with Crippen LogP contribution in [0.15, 0.2) is 12.4 Å². The van der Waals surface area contributed by atoms with E-state index in [4.69, 9.17) is 17.3 Å². The van der Waals surface area contributed by atoms with Crippen molar-refractivity contribution in [3.8, 4) is 5.82 Å². The molecule has 0 amide bonds. The molecule has 6 heteroatoms. The Morgan fingerprint density at radius 2 is 1.94 bits per heavy atom. The molecule has 2 N–H and O–H groups in total. The maximum absolute atomic E-state index is 5.94. The van der Waals surface area contributed by atoms with Crippen molar-refractivity contribution in [1.29, 1.82) is 0 Å². The van der Waals surface area contributed by atoms with Crippen molar-refractivity contribution in [2.24, 2.45) is 0 Å². The van der Waals surface area contributed by atoms with E-state index in [1.54, 1.807) is 17.1 Å². The molecule has 0 saturated heterocycles. The molecule has 0 fully saturated rings. The van der Waals surface area contributed by atoms with Crippen molar-refractivity contribution in [2.75, 3.05) is 5.73 Å². The van der Waals surface area contributed by atoms with Gasteiger partial charge in [0.2, 0.25) is 0 Å². The van der Waals surface area contributed by atoms with Crippen LogP contribution < -0.4 is 5.73 Å². The fraction of sp³-hybridized carbons (Fsp3) is 0.417. The van der Waals surface area contributed by atoms with Crippen molar-refractivity contribution in [1.82, 2.24) is 19.7 Å². The minimum Gasteiger partial charge on any atom is -0.383 e. The van der Waals surface area contributed by atoms with Gasteiger partial charge >= 0.3 is 0 Å². The molecule has 0 atom stereocenters. The zero-order valence-electron chi connectivity index (χ0n) is 10.9. The Labute approximate surface area is 111 Å². The highest BCUT2D eigenvalue weighted by Crippen LogP contribution is 2.24. The van der Waals surface area contributed by atoms with Gasteiger partial charge in [-0.3, -0.25) is 0 Å². The summed E-state index contributed by atoms with van der Waals surface area (Å²) in [6.45, 7) is 7.98. The molecule has 2 heterocycles. The van der Waals surface area contributed by atoms with E-state index in [1.807, 2.05) is 27.7 Å². The van der Waals surface area contributed by atoms with Crippen molar-refractivity contribution < 1.29 is 0 Å². The summed E-state index contributed by atoms with van der Waals surface area (Å²) in [5.41, 5.74) is 6.56. The molecular weight excluding hydrogens is 250 g/mol. The lowest BCUT2D eigenvalue weighted by Crippen LogP contribution is -2.20. The fourth-order valence-electron chi connectivity index (χ4n) is 1.50. The van der Waals surface area contributed by atoms with E-state index >= 15 is 0 Å². The second-order valence-electron chi connectivity index (χ2n) is 5.23. The summed E-state index contributed by atoms with van der Waals surface area (Å²) >= 11 is 5.87. The lowest BCUT2D eigenvalue weighted by molar-refractivity contribution is 0.542. The lowest BCUT2D eigenvalue weighted by Gasteiger charge is -2.19. The number of nitrogens with two attached hydrogens (primary N) is 1. The third-order valence-electron chi connectivity index (χ3n) is 2.60. The largest absolute Gasteiger partial charge is 0.383 e. The maximum atomic E-state index is 5.94. The van der Waals surface area contributed by atoms with Gasteiger partial charge in [-0.15, -0.1) is 0 Å². The molecule has 18 heavy (non-hydrogen) atoms. The summed E-state index contributed by atoms with van der Waals surface area (Å²) < 4.78 is 1.62. The summed E-state index contributed by atoms with van der Waals surface area (Å²) in [7, 11) is 0. The summed E-state index contributed by atoms with van der Waals surface area (Å²) in [6, 6.07) is 0. The predicted molar refractivity (Wildman–Crippen MR) is 72.0 cm³/mol. The van der Waals surface area contributed by atoms with Crippen molar-refractivity contribution in [3.63, 3.8) is 0 Å². The van der Waals surface area contributed by atoms with Crippen LogP contribution in [0.2, 0.25) is 5.02 Å². The smallest absolute Gasteiger partial charge is 0.162 e. The molecule has 0 radical (unpaired) electrons. The number of nitrogen functional groups attached to an aromatic ring is 1. The number of nitrogens with zero attached hydrogens (tertiary/aromatic N) is 4. The van der Waals surface area contributed by atoms with Crippen LogP contribution in [0.3, 0.4) is 0 Å². The van der Waals surface area contributed by atoms with Crippen LogP contribution >= 0.6 is 11.6 Å². The molecule has 0 bridgehead atoms. The van der Waals surface area contributed by atoms with Crippen LogP contribution in [0.1, 0.15) is 32.2 Å². The average molecular weight is 266 g/mol. The molecular formula is C12H16ClN5. The van der Waals surface area contributed by atoms with Gasteiger partial charge in [-0.25, -0.2) is 14.6 Å². The zero-order chi connectivity index (χ0) is 13.5. The fourth-order valence-corrected chi connectivity index (χ4v) is 1.63. The second kappa shape index (κ2) is 4.24. The van der Waals surface area contributed by atoms with Gasteiger partial charge in [0, 0.05) is 11.0 Å². The van der Waals surface area contributed by atoms with Crippen LogP contribution in [0.25, 0.3) is 5.82 Å². The van der Waals surface area contributed by atoms with Crippen molar-refractivity contribution in [3.05, 3.63) is 28.8 Å². The highest BCUT2D eigenvalue weighted by atomic mass is 35.5. The van der Waals surface area contributed by atoms with E-state index < -0.39 is 0 Å². The SMILES string of the molecule is Cc1c(N)nc(C(C)(C)C)nc1-n1cc(Cl)cn1. The first kappa shape index (κ1) is 12.8. The van der Waals surface area contributed by atoms with Crippen LogP contribution in [-0.2, 0) is 5.41 Å². The Morgan fingerprint density at radius 3 is 2.44 bits per heavy atom. The van der Waals surface area contributed by atoms with Gasteiger partial charge in [0.05, 0.1) is 17.4 Å². The molecule has 0 unspecified atom stereocenters. The third-order valence-corrected chi connectivity index (χ3v) is 2.79. The molecule has 0 aliphatic rings. The van der Waals surface area contributed by atoms with E-state index in [9.17, 15) is 0 Å². The van der Waals surface area contributed by atoms with Gasteiger partial charge in [0.15, 0.2) is 5.82 Å². The van der Waals surface area contributed by atoms with Gasteiger partial charge in [-0.1, -0.05) is 32.4 Å². The first-order valence-corrected chi connectivity index (χ1v) is 6.02. The Morgan fingerprint density at radius 1 is 1.28 bits per heavy atom. The van der Waals surface area contributed by atoms with Crippen LogP contribution in [0, 0.1) is 6.92 Å². The molecule has 96 valence electrons. The third kappa shape index (κ3) is 2.31. The number of hydrogen-bond donors (Lipinski definition) is 1. The summed E-state index contributed by atoms with van der Waals surface area (Å²) in [4.78, 5) is 8.87. The van der Waals surface area contributed by atoms with Gasteiger partial charge in [0.25, 0.3) is 0 Å². The Balaban J connectivity index is 2.63. The molecule has 2 rings (SSSR count). The average Bonchev–Trinajstić information content (AvgIpc) is 2.67. The normalized spacial score (nSPS) is 11.8. The predicted octanol–water partition coefficient (Wildman–Crippen LogP) is 2.50. The molecule has 0 aliphatic carbocycles. The maximum Gasteiger partial charge on any atom is 0.162 e. The highest BCUT2D eigenvalue weighted by Gasteiger charge is 2.21.